The molecule has 0 spiro atoms. The number of nitrogens with zero attached hydrogens (tertiary/aromatic N) is 3. The monoisotopic (exact) mass is 422 g/mol. The Labute approximate surface area is 178 Å². The molecule has 3 aromatic rings. The molecule has 1 aromatic heterocycles. The molecular formula is C22H19ClN4O3. The van der Waals surface area contributed by atoms with Crippen LogP contribution < -0.4 is 0 Å². The zero-order valence-electron chi connectivity index (χ0n) is 16.0. The average Bonchev–Trinajstić information content (AvgIpc) is 3.24. The maximum atomic E-state index is 12.8. The number of halogens is 1. The molecule has 1 aliphatic rings. The van der Waals surface area contributed by atoms with Crippen LogP contribution in [0.1, 0.15) is 16.1 Å². The highest BCUT2D eigenvalue weighted by Gasteiger charge is 2.34. The maximum absolute atomic E-state index is 12.8. The molecule has 0 aliphatic carbocycles. The Balaban J connectivity index is 1.41. The lowest BCUT2D eigenvalue weighted by atomic mass is 10.1. The van der Waals surface area contributed by atoms with Crippen molar-refractivity contribution in [1.82, 2.24) is 20.0 Å². The van der Waals surface area contributed by atoms with Gasteiger partial charge in [-0.3, -0.25) is 24.4 Å². The third-order valence-corrected chi connectivity index (χ3v) is 5.21. The van der Waals surface area contributed by atoms with E-state index in [0.717, 1.165) is 11.1 Å². The summed E-state index contributed by atoms with van der Waals surface area (Å²) in [6.07, 6.45) is 0.581. The molecule has 1 aliphatic heterocycles. The van der Waals surface area contributed by atoms with E-state index in [2.05, 4.69) is 10.2 Å². The van der Waals surface area contributed by atoms with E-state index in [9.17, 15) is 14.4 Å². The third-order valence-electron chi connectivity index (χ3n) is 4.96. The van der Waals surface area contributed by atoms with Crippen molar-refractivity contribution in [1.29, 1.82) is 0 Å². The van der Waals surface area contributed by atoms with E-state index in [1.165, 1.54) is 9.80 Å². The summed E-state index contributed by atoms with van der Waals surface area (Å²) in [6, 6.07) is 18.3. The van der Waals surface area contributed by atoms with Gasteiger partial charge in [0.25, 0.3) is 5.91 Å². The first-order chi connectivity index (χ1) is 14.5. The van der Waals surface area contributed by atoms with Crippen LogP contribution in [0.5, 0.6) is 0 Å². The molecule has 1 saturated heterocycles. The number of imide groups is 1. The first-order valence-corrected chi connectivity index (χ1v) is 9.87. The van der Waals surface area contributed by atoms with Crippen molar-refractivity contribution in [3.63, 3.8) is 0 Å². The van der Waals surface area contributed by atoms with Gasteiger partial charge in [0.1, 0.15) is 18.8 Å². The molecule has 2 aromatic carbocycles. The maximum Gasteiger partial charge on any atom is 0.272 e. The molecule has 8 heteroatoms. The number of rotatable bonds is 5. The van der Waals surface area contributed by atoms with Gasteiger partial charge in [-0.15, -0.1) is 0 Å². The number of amides is 3. The summed E-state index contributed by atoms with van der Waals surface area (Å²) in [5.74, 6) is -1.20. The van der Waals surface area contributed by atoms with Gasteiger partial charge in [0.05, 0.1) is 5.69 Å². The van der Waals surface area contributed by atoms with Crippen LogP contribution in [0, 0.1) is 0 Å². The lowest BCUT2D eigenvalue weighted by Gasteiger charge is -2.32. The number of aromatic amines is 1. The SMILES string of the molecule is O=C(c1cc(-c2ccc(Cl)cc2)n[nH]1)N1CC(=O)N(CCc2ccccc2)C(=O)C1. The number of hydrogen-bond donors (Lipinski definition) is 1. The molecule has 30 heavy (non-hydrogen) atoms. The van der Waals surface area contributed by atoms with Gasteiger partial charge in [-0.05, 0) is 30.2 Å². The predicted octanol–water partition coefficient (Wildman–Crippen LogP) is 2.78. The summed E-state index contributed by atoms with van der Waals surface area (Å²) in [5.41, 5.74) is 2.64. The van der Waals surface area contributed by atoms with Crippen molar-refractivity contribution in [2.24, 2.45) is 0 Å². The van der Waals surface area contributed by atoms with E-state index in [0.29, 0.717) is 23.7 Å². The molecule has 0 unspecified atom stereocenters. The number of piperazine rings is 1. The van der Waals surface area contributed by atoms with Crippen LogP contribution in [0.2, 0.25) is 5.02 Å². The molecule has 4 rings (SSSR count). The van der Waals surface area contributed by atoms with Gasteiger partial charge >= 0.3 is 0 Å². The molecule has 3 amide bonds. The van der Waals surface area contributed by atoms with Gasteiger partial charge in [0.2, 0.25) is 11.8 Å². The Morgan fingerprint density at radius 1 is 1.00 bits per heavy atom. The number of aromatic nitrogens is 2. The van der Waals surface area contributed by atoms with Gasteiger partial charge < -0.3 is 4.90 Å². The molecule has 1 N–H and O–H groups in total. The van der Waals surface area contributed by atoms with Crippen molar-refractivity contribution in [3.05, 3.63) is 76.9 Å². The second kappa shape index (κ2) is 8.51. The normalized spacial score (nSPS) is 14.3. The standard InChI is InChI=1S/C22H19ClN4O3/c23-17-8-6-16(7-9-17)18-12-19(25-24-18)22(30)26-13-20(28)27(21(29)14-26)11-10-15-4-2-1-3-5-15/h1-9,12H,10-11,13-14H2,(H,24,25). The van der Waals surface area contributed by atoms with E-state index in [1.54, 1.807) is 30.3 Å². The lowest BCUT2D eigenvalue weighted by molar-refractivity contribution is -0.150. The predicted molar refractivity (Wildman–Crippen MR) is 112 cm³/mol. The van der Waals surface area contributed by atoms with Crippen LogP contribution in [0.3, 0.4) is 0 Å². The molecule has 0 atom stereocenters. The summed E-state index contributed by atoms with van der Waals surface area (Å²) in [5, 5.41) is 7.45. The fourth-order valence-corrected chi connectivity index (χ4v) is 3.47. The Morgan fingerprint density at radius 2 is 1.67 bits per heavy atom. The first kappa shape index (κ1) is 19.8. The van der Waals surface area contributed by atoms with Crippen LogP contribution in [0.25, 0.3) is 11.3 Å². The number of carbonyl (C=O) groups excluding carboxylic acids is 3. The fourth-order valence-electron chi connectivity index (χ4n) is 3.34. The van der Waals surface area contributed by atoms with Crippen LogP contribution in [0.15, 0.2) is 60.7 Å². The van der Waals surface area contributed by atoms with Gasteiger partial charge in [0.15, 0.2) is 0 Å². The summed E-state index contributed by atoms with van der Waals surface area (Å²) in [7, 11) is 0. The largest absolute Gasteiger partial charge is 0.319 e. The second-order valence-electron chi connectivity index (χ2n) is 7.01. The Kier molecular flexibility index (Phi) is 5.63. The van der Waals surface area contributed by atoms with Gasteiger partial charge in [-0.1, -0.05) is 54.1 Å². The third kappa shape index (κ3) is 4.26. The highest BCUT2D eigenvalue weighted by molar-refractivity contribution is 6.30. The second-order valence-corrected chi connectivity index (χ2v) is 7.45. The van der Waals surface area contributed by atoms with Gasteiger partial charge in [0, 0.05) is 17.1 Å². The molecule has 1 fully saturated rings. The minimum atomic E-state index is -0.438. The Bertz CT molecular complexity index is 1060. The topological polar surface area (TPSA) is 86.4 Å². The van der Waals surface area contributed by atoms with Gasteiger partial charge in [-0.25, -0.2) is 0 Å². The average molecular weight is 423 g/mol. The van der Waals surface area contributed by atoms with Crippen LogP contribution in [-0.2, 0) is 16.0 Å². The number of hydrogen-bond acceptors (Lipinski definition) is 4. The minimum absolute atomic E-state index is 0.144. The quantitative estimate of drug-likeness (QED) is 0.640. The van der Waals surface area contributed by atoms with Crippen LogP contribution >= 0.6 is 11.6 Å². The zero-order valence-corrected chi connectivity index (χ0v) is 16.8. The molecule has 2 heterocycles. The van der Waals surface area contributed by atoms with E-state index in [-0.39, 0.29) is 30.6 Å². The summed E-state index contributed by atoms with van der Waals surface area (Å²) in [4.78, 5) is 40.3. The molecule has 0 radical (unpaired) electrons. The molecule has 0 saturated carbocycles. The number of carbonyl (C=O) groups is 3. The zero-order chi connectivity index (χ0) is 21.1. The summed E-state index contributed by atoms with van der Waals surface area (Å²) < 4.78 is 0. The Hall–Kier alpha value is -3.45. The highest BCUT2D eigenvalue weighted by atomic mass is 35.5. The molecular weight excluding hydrogens is 404 g/mol. The van der Waals surface area contributed by atoms with E-state index in [1.807, 2.05) is 30.3 Å². The van der Waals surface area contributed by atoms with Crippen LogP contribution in [-0.4, -0.2) is 57.4 Å². The summed E-state index contributed by atoms with van der Waals surface area (Å²) >= 11 is 5.90. The van der Waals surface area contributed by atoms with Crippen molar-refractivity contribution < 1.29 is 14.4 Å². The van der Waals surface area contributed by atoms with Crippen molar-refractivity contribution >= 4 is 29.3 Å². The van der Waals surface area contributed by atoms with E-state index in [4.69, 9.17) is 11.6 Å². The minimum Gasteiger partial charge on any atom is -0.319 e. The fraction of sp³-hybridized carbons (Fsp3) is 0.182. The van der Waals surface area contributed by atoms with Crippen LogP contribution in [0.4, 0.5) is 0 Å². The highest BCUT2D eigenvalue weighted by Crippen LogP contribution is 2.21. The van der Waals surface area contributed by atoms with Crippen molar-refractivity contribution in [3.8, 4) is 11.3 Å². The van der Waals surface area contributed by atoms with Gasteiger partial charge in [-0.2, -0.15) is 5.10 Å². The summed E-state index contributed by atoms with van der Waals surface area (Å²) in [6.45, 7) is 0.0117. The number of H-pyrrole nitrogens is 1. The number of nitrogens with one attached hydrogen (secondary N) is 1. The first-order valence-electron chi connectivity index (χ1n) is 9.49. The smallest absolute Gasteiger partial charge is 0.272 e. The lowest BCUT2D eigenvalue weighted by Crippen LogP contribution is -2.56. The molecule has 0 bridgehead atoms. The van der Waals surface area contributed by atoms with E-state index >= 15 is 0 Å². The van der Waals surface area contributed by atoms with E-state index < -0.39 is 5.91 Å². The molecule has 7 nitrogen and oxygen atoms in total. The van der Waals surface area contributed by atoms with Crippen molar-refractivity contribution in [2.45, 2.75) is 6.42 Å². The number of benzene rings is 2. The Morgan fingerprint density at radius 3 is 2.33 bits per heavy atom. The molecule has 152 valence electrons. The van der Waals surface area contributed by atoms with Crippen molar-refractivity contribution in [2.75, 3.05) is 19.6 Å².